The number of rotatable bonds is 5. The fourth-order valence-electron chi connectivity index (χ4n) is 6.35. The van der Waals surface area contributed by atoms with Gasteiger partial charge in [-0.3, -0.25) is 9.59 Å². The molecule has 3 saturated heterocycles. The number of primary amides is 1. The molecule has 0 spiro atoms. The second-order valence-electron chi connectivity index (χ2n) is 9.50. The van der Waals surface area contributed by atoms with E-state index in [1.165, 1.54) is 6.26 Å². The molecule has 1 amide bonds. The average molecular weight is 445 g/mol. The summed E-state index contributed by atoms with van der Waals surface area (Å²) in [6.45, 7) is 2.19. The molecule has 1 aromatic heterocycles. The lowest BCUT2D eigenvalue weighted by atomic mass is 9.81. The van der Waals surface area contributed by atoms with Crippen molar-refractivity contribution in [3.05, 3.63) is 77.7 Å². The van der Waals surface area contributed by atoms with Gasteiger partial charge in [0.25, 0.3) is 5.91 Å². The highest BCUT2D eigenvalue weighted by Gasteiger charge is 2.54. The third-order valence-electron chi connectivity index (χ3n) is 7.85. The second-order valence-corrected chi connectivity index (χ2v) is 9.50. The largest absolute Gasteiger partial charge is 0.455 e. The van der Waals surface area contributed by atoms with Gasteiger partial charge in [0.2, 0.25) is 6.04 Å². The Morgan fingerprint density at radius 1 is 1.00 bits per heavy atom. The molecule has 2 N–H and O–H groups in total. The summed E-state index contributed by atoms with van der Waals surface area (Å²) in [5.74, 6) is -0.773. The van der Waals surface area contributed by atoms with Crippen LogP contribution >= 0.6 is 0 Å². The van der Waals surface area contributed by atoms with E-state index in [0.29, 0.717) is 22.6 Å². The number of piperidine rings is 3. The van der Waals surface area contributed by atoms with E-state index in [1.807, 2.05) is 36.4 Å². The van der Waals surface area contributed by atoms with E-state index in [9.17, 15) is 9.59 Å². The summed E-state index contributed by atoms with van der Waals surface area (Å²) < 4.78 is 11.7. The molecule has 7 rings (SSSR count). The summed E-state index contributed by atoms with van der Waals surface area (Å²) in [6.07, 6.45) is 2.98. The Morgan fingerprint density at radius 2 is 1.64 bits per heavy atom. The van der Waals surface area contributed by atoms with Crippen molar-refractivity contribution in [1.82, 2.24) is 5.16 Å². The molecule has 7 heteroatoms. The number of amides is 1. The zero-order valence-electron chi connectivity index (χ0n) is 18.2. The maximum atomic E-state index is 13.6. The molecule has 2 atom stereocenters. The summed E-state index contributed by atoms with van der Waals surface area (Å²) >= 11 is 0. The van der Waals surface area contributed by atoms with Crippen LogP contribution < -0.4 is 5.73 Å². The van der Waals surface area contributed by atoms with E-state index in [-0.39, 0.29) is 12.1 Å². The van der Waals surface area contributed by atoms with Gasteiger partial charge in [-0.25, -0.2) is 0 Å². The van der Waals surface area contributed by atoms with Crippen LogP contribution in [0.25, 0.3) is 11.1 Å². The molecule has 0 radical (unpaired) electrons. The van der Waals surface area contributed by atoms with Crippen LogP contribution in [-0.2, 0) is 14.3 Å². The fraction of sp³-hybridized carbons (Fsp3) is 0.346. The topological polar surface area (TPSA) is 95.4 Å². The number of ether oxygens (including phenoxy) is 1. The first kappa shape index (κ1) is 20.2. The van der Waals surface area contributed by atoms with Gasteiger partial charge in [-0.1, -0.05) is 53.7 Å². The number of nitrogens with two attached hydrogens (primary N) is 1. The number of hydrogen-bond acceptors (Lipinski definition) is 5. The van der Waals surface area contributed by atoms with Gasteiger partial charge in [-0.15, -0.1) is 0 Å². The molecular weight excluding hydrogens is 418 g/mol. The van der Waals surface area contributed by atoms with E-state index < -0.39 is 17.9 Å². The standard InChI is InChI=1S/C26H25N3O4/c27-25(30)24(21-11-14-32-28-21)29-12-9-16(10-13-29)22(15-29)33-26(31)23-19-7-3-1-5-17(19)18-6-2-4-8-20(18)23/h1-8,11,14,16,22-24H,9-10,12-13,15H2,(H-,27,30)/p+1/t16?,22-,24?,29?/m0/s1. The Bertz CT molecular complexity index is 1170. The molecule has 4 aliphatic rings. The predicted molar refractivity (Wildman–Crippen MR) is 120 cm³/mol. The predicted octanol–water partition coefficient (Wildman–Crippen LogP) is 3.17. The van der Waals surface area contributed by atoms with E-state index in [2.05, 4.69) is 17.3 Å². The number of fused-ring (bicyclic) bond motifs is 6. The number of hydrogen-bond donors (Lipinski definition) is 1. The fourth-order valence-corrected chi connectivity index (χ4v) is 6.35. The zero-order valence-corrected chi connectivity index (χ0v) is 18.2. The van der Waals surface area contributed by atoms with E-state index in [4.69, 9.17) is 15.0 Å². The Hall–Kier alpha value is -3.45. The lowest BCUT2D eigenvalue weighted by Gasteiger charge is -2.54. The number of nitrogens with zero attached hydrogens (tertiary/aromatic N) is 2. The van der Waals surface area contributed by atoms with Gasteiger partial charge in [0, 0.05) is 24.8 Å². The van der Waals surface area contributed by atoms with Crippen LogP contribution in [-0.4, -0.2) is 47.3 Å². The van der Waals surface area contributed by atoms with Crippen molar-refractivity contribution in [2.75, 3.05) is 19.6 Å². The van der Waals surface area contributed by atoms with E-state index in [1.54, 1.807) is 6.07 Å². The summed E-state index contributed by atoms with van der Waals surface area (Å²) in [5.41, 5.74) is 10.6. The Morgan fingerprint density at radius 3 is 2.21 bits per heavy atom. The third kappa shape index (κ3) is 3.10. The molecule has 168 valence electrons. The smallest absolute Gasteiger partial charge is 0.318 e. The maximum Gasteiger partial charge on any atom is 0.318 e. The molecule has 2 aromatic carbocycles. The SMILES string of the molecule is NC(=O)C(c1ccon1)[N+]12CCC(CC1)[C@@H](OC(=O)C1c3ccccc3-c3ccccc31)C2. The van der Waals surface area contributed by atoms with Gasteiger partial charge < -0.3 is 19.5 Å². The minimum atomic E-state index is -0.598. The van der Waals surface area contributed by atoms with Crippen molar-refractivity contribution in [1.29, 1.82) is 0 Å². The van der Waals surface area contributed by atoms with Crippen LogP contribution in [0.3, 0.4) is 0 Å². The van der Waals surface area contributed by atoms with Crippen LogP contribution in [0.2, 0.25) is 0 Å². The highest BCUT2D eigenvalue weighted by molar-refractivity contribution is 5.93. The lowest BCUT2D eigenvalue weighted by molar-refractivity contribution is -0.965. The molecule has 3 fully saturated rings. The summed E-state index contributed by atoms with van der Waals surface area (Å²) in [6, 6.07) is 17.2. The van der Waals surface area contributed by atoms with Gasteiger partial charge in [-0.2, -0.15) is 0 Å². The Balaban J connectivity index is 1.29. The molecule has 0 saturated carbocycles. The summed E-state index contributed by atoms with van der Waals surface area (Å²) in [4.78, 5) is 26.1. The van der Waals surface area contributed by atoms with Gasteiger partial charge in [0.05, 0.1) is 13.1 Å². The third-order valence-corrected chi connectivity index (χ3v) is 7.85. The van der Waals surface area contributed by atoms with Crippen molar-refractivity contribution < 1.29 is 23.3 Å². The normalized spacial score (nSPS) is 26.4. The zero-order chi connectivity index (χ0) is 22.6. The second kappa shape index (κ2) is 7.56. The molecule has 3 aromatic rings. The average Bonchev–Trinajstić information content (AvgIpc) is 3.46. The molecule has 4 heterocycles. The highest BCUT2D eigenvalue weighted by atomic mass is 16.5. The van der Waals surface area contributed by atoms with Crippen molar-refractivity contribution in [3.63, 3.8) is 0 Å². The lowest BCUT2D eigenvalue weighted by Crippen LogP contribution is -2.67. The van der Waals surface area contributed by atoms with Gasteiger partial charge in [0.1, 0.15) is 18.7 Å². The van der Waals surface area contributed by atoms with E-state index in [0.717, 1.165) is 48.2 Å². The van der Waals surface area contributed by atoms with Gasteiger partial charge in [-0.05, 0) is 22.3 Å². The van der Waals surface area contributed by atoms with Gasteiger partial charge >= 0.3 is 5.97 Å². The number of esters is 1. The number of benzene rings is 2. The van der Waals surface area contributed by atoms with Crippen LogP contribution in [0.15, 0.2) is 65.4 Å². The van der Waals surface area contributed by atoms with Gasteiger partial charge in [0.15, 0.2) is 11.8 Å². The first-order chi connectivity index (χ1) is 16.1. The van der Waals surface area contributed by atoms with Crippen molar-refractivity contribution in [3.8, 4) is 11.1 Å². The molecule has 33 heavy (non-hydrogen) atoms. The van der Waals surface area contributed by atoms with E-state index >= 15 is 0 Å². The van der Waals surface area contributed by atoms with Crippen LogP contribution in [0, 0.1) is 5.92 Å². The van der Waals surface area contributed by atoms with Crippen LogP contribution in [0.4, 0.5) is 0 Å². The number of quaternary nitrogens is 1. The summed E-state index contributed by atoms with van der Waals surface area (Å²) in [5, 5.41) is 4.02. The van der Waals surface area contributed by atoms with Crippen LogP contribution in [0.1, 0.15) is 41.6 Å². The Kier molecular flexibility index (Phi) is 4.62. The molecule has 1 unspecified atom stereocenters. The van der Waals surface area contributed by atoms with Crippen LogP contribution in [0.5, 0.6) is 0 Å². The highest BCUT2D eigenvalue weighted by Crippen LogP contribution is 2.47. The monoisotopic (exact) mass is 444 g/mol. The minimum absolute atomic E-state index is 0.221. The first-order valence-electron chi connectivity index (χ1n) is 11.5. The summed E-state index contributed by atoms with van der Waals surface area (Å²) in [7, 11) is 0. The minimum Gasteiger partial charge on any atom is -0.455 e. The molecule has 3 aliphatic heterocycles. The molecule has 2 bridgehead atoms. The number of carbonyl (C=O) groups excluding carboxylic acids is 2. The molecular formula is C26H26N3O4+. The van der Waals surface area contributed by atoms with Crippen molar-refractivity contribution in [2.24, 2.45) is 11.7 Å². The Labute approximate surface area is 191 Å². The number of aromatic nitrogens is 1. The molecule has 1 aliphatic carbocycles. The maximum absolute atomic E-state index is 13.6. The quantitative estimate of drug-likeness (QED) is 0.482. The first-order valence-corrected chi connectivity index (χ1v) is 11.5. The van der Waals surface area contributed by atoms with Crippen molar-refractivity contribution >= 4 is 11.9 Å². The molecule has 7 nitrogen and oxygen atoms in total. The van der Waals surface area contributed by atoms with Crippen molar-refractivity contribution in [2.45, 2.75) is 30.9 Å². The number of carbonyl (C=O) groups is 2.